The predicted molar refractivity (Wildman–Crippen MR) is 198 cm³/mol. The van der Waals surface area contributed by atoms with E-state index in [2.05, 4.69) is 15.2 Å². The van der Waals surface area contributed by atoms with E-state index in [1.165, 1.54) is 13.2 Å². The van der Waals surface area contributed by atoms with E-state index in [4.69, 9.17) is 32.9 Å². The molecule has 0 bridgehead atoms. The number of amides is 2. The average molecular weight is 751 g/mol. The molecule has 0 aliphatic carbocycles. The summed E-state index contributed by atoms with van der Waals surface area (Å²) in [6.07, 6.45) is 4.44. The van der Waals surface area contributed by atoms with E-state index < -0.39 is 11.9 Å². The van der Waals surface area contributed by atoms with E-state index in [-0.39, 0.29) is 21.9 Å². The van der Waals surface area contributed by atoms with Crippen molar-refractivity contribution in [1.29, 1.82) is 0 Å². The predicted octanol–water partition coefficient (Wildman–Crippen LogP) is 5.79. The number of anilines is 1. The average Bonchev–Trinajstić information content (AvgIpc) is 3.71. The van der Waals surface area contributed by atoms with Gasteiger partial charge in [-0.05, 0) is 43.5 Å². The van der Waals surface area contributed by atoms with Crippen molar-refractivity contribution in [2.75, 3.05) is 45.2 Å². The van der Waals surface area contributed by atoms with Crippen LogP contribution in [-0.2, 0) is 31.4 Å². The van der Waals surface area contributed by atoms with Gasteiger partial charge >= 0.3 is 0 Å². The number of aromatic nitrogens is 3. The van der Waals surface area contributed by atoms with Gasteiger partial charge in [0.1, 0.15) is 11.6 Å². The molecule has 11 nitrogen and oxygen atoms in total. The normalized spacial score (nSPS) is 18.4. The van der Waals surface area contributed by atoms with Crippen LogP contribution in [0.3, 0.4) is 0 Å². The fourth-order valence-electron chi connectivity index (χ4n) is 7.74. The lowest BCUT2D eigenvalue weighted by Gasteiger charge is -2.39. The van der Waals surface area contributed by atoms with E-state index in [1.807, 2.05) is 21.4 Å². The Balaban J connectivity index is 1.10. The van der Waals surface area contributed by atoms with Crippen LogP contribution in [0.1, 0.15) is 53.8 Å². The van der Waals surface area contributed by atoms with Gasteiger partial charge in [-0.2, -0.15) is 0 Å². The molecule has 2 N–H and O–H groups in total. The summed E-state index contributed by atoms with van der Waals surface area (Å²) in [4.78, 5) is 41.0. The highest BCUT2D eigenvalue weighted by molar-refractivity contribution is 6.39. The zero-order valence-corrected chi connectivity index (χ0v) is 31.0. The molecule has 3 aliphatic rings. The number of hydrogen-bond donors (Lipinski definition) is 2. The first-order valence-electron chi connectivity index (χ1n) is 17.6. The summed E-state index contributed by atoms with van der Waals surface area (Å²) < 4.78 is 23.0. The van der Waals surface area contributed by atoms with Crippen LogP contribution in [0.15, 0.2) is 42.6 Å². The Kier molecular flexibility index (Phi) is 10.6. The number of pyridine rings is 1. The van der Waals surface area contributed by atoms with Crippen LogP contribution in [0.4, 0.5) is 10.1 Å². The molecule has 3 aliphatic heterocycles. The SMILES string of the molecule is COc1cc(-c2nccc(-c3cccc(NC(=O)c4nc5c(n4C)CCN(C4CCN(C(C)=O)CC4)C5)c3Cl)c2Cl)cc(F)c1CN1CCC(O)C1. The number of nitrogens with zero attached hydrogens (tertiary/aromatic N) is 6. The third-order valence-electron chi connectivity index (χ3n) is 10.6. The van der Waals surface area contributed by atoms with Crippen LogP contribution in [0.2, 0.25) is 10.0 Å². The third-order valence-corrected chi connectivity index (χ3v) is 11.4. The Labute approximate surface area is 312 Å². The number of likely N-dealkylation sites (tertiary alicyclic amines) is 2. The summed E-state index contributed by atoms with van der Waals surface area (Å²) in [7, 11) is 3.35. The molecule has 4 aromatic rings. The zero-order valence-electron chi connectivity index (χ0n) is 29.5. The minimum atomic E-state index is -0.458. The molecule has 7 rings (SSSR count). The van der Waals surface area contributed by atoms with Crippen molar-refractivity contribution in [3.63, 3.8) is 0 Å². The van der Waals surface area contributed by atoms with E-state index in [1.54, 1.807) is 43.5 Å². The van der Waals surface area contributed by atoms with Crippen molar-refractivity contribution >= 4 is 40.7 Å². The molecular formula is C38H42Cl2FN7O4. The molecule has 2 aromatic carbocycles. The van der Waals surface area contributed by atoms with Gasteiger partial charge in [0, 0.05) is 106 Å². The van der Waals surface area contributed by atoms with Crippen LogP contribution in [0.25, 0.3) is 22.4 Å². The Bertz CT molecular complexity index is 2020. The van der Waals surface area contributed by atoms with Crippen LogP contribution in [0, 0.1) is 5.82 Å². The van der Waals surface area contributed by atoms with Gasteiger partial charge in [0.25, 0.3) is 5.91 Å². The lowest BCUT2D eigenvalue weighted by Crippen LogP contribution is -2.47. The number of carbonyl (C=O) groups excluding carboxylic acids is 2. The summed E-state index contributed by atoms with van der Waals surface area (Å²) in [5, 5.41) is 13.4. The van der Waals surface area contributed by atoms with Crippen molar-refractivity contribution in [2.45, 2.75) is 57.8 Å². The number of ether oxygens (including phenoxy) is 1. The third kappa shape index (κ3) is 7.14. The van der Waals surface area contributed by atoms with Crippen molar-refractivity contribution in [2.24, 2.45) is 7.05 Å². The molecule has 2 saturated heterocycles. The molecule has 2 amide bonds. The second-order valence-electron chi connectivity index (χ2n) is 13.8. The highest BCUT2D eigenvalue weighted by atomic mass is 35.5. The summed E-state index contributed by atoms with van der Waals surface area (Å²) in [6.45, 7) is 6.13. The van der Waals surface area contributed by atoms with Crippen molar-refractivity contribution < 1.29 is 23.8 Å². The van der Waals surface area contributed by atoms with E-state index in [9.17, 15) is 14.7 Å². The minimum Gasteiger partial charge on any atom is -0.496 e. The van der Waals surface area contributed by atoms with Gasteiger partial charge in [0.15, 0.2) is 5.82 Å². The molecule has 5 heterocycles. The number of aliphatic hydroxyl groups is 1. The van der Waals surface area contributed by atoms with E-state index in [0.717, 1.165) is 50.3 Å². The maximum atomic E-state index is 15.6. The quantitative estimate of drug-likeness (QED) is 0.233. The maximum absolute atomic E-state index is 15.6. The van der Waals surface area contributed by atoms with Gasteiger partial charge < -0.3 is 24.6 Å². The first-order chi connectivity index (χ1) is 25.0. The van der Waals surface area contributed by atoms with Gasteiger partial charge in [0.05, 0.1) is 40.3 Å². The van der Waals surface area contributed by atoms with Gasteiger partial charge in [0.2, 0.25) is 5.91 Å². The fraction of sp³-hybridized carbons (Fsp3) is 0.421. The monoisotopic (exact) mass is 749 g/mol. The van der Waals surface area contributed by atoms with Gasteiger partial charge in [-0.15, -0.1) is 0 Å². The molecule has 0 saturated carbocycles. The molecular weight excluding hydrogens is 708 g/mol. The minimum absolute atomic E-state index is 0.120. The van der Waals surface area contributed by atoms with Gasteiger partial charge in [-0.25, -0.2) is 9.37 Å². The number of nitrogens with one attached hydrogen (secondary N) is 1. The van der Waals surface area contributed by atoms with Gasteiger partial charge in [-0.1, -0.05) is 35.3 Å². The molecule has 2 fully saturated rings. The van der Waals surface area contributed by atoms with Gasteiger partial charge in [-0.3, -0.25) is 24.4 Å². The number of benzene rings is 2. The van der Waals surface area contributed by atoms with Crippen LogP contribution >= 0.6 is 23.2 Å². The smallest absolute Gasteiger partial charge is 0.291 e. The Hall–Kier alpha value is -4.07. The number of β-amino-alcohol motifs (C(OH)–C–C–N with tert-alkyl or cyclic N) is 1. The summed E-state index contributed by atoms with van der Waals surface area (Å²) in [6, 6.07) is 10.5. The Morgan fingerprint density at radius 2 is 1.83 bits per heavy atom. The standard InChI is InChI=1S/C38H42Cl2FN7O4/c1-22(49)47-14-8-24(9-15-47)48-16-11-32-31(21-48)43-37(45(32)2)38(51)44-30-6-4-5-26(34(30)39)27-7-12-42-36(35(27)40)23-17-29(41)28(33(18-23)52-3)20-46-13-10-25(50)19-46/h4-7,12,17-18,24-25,50H,8-11,13-16,19-21H2,1-3H3,(H,44,51). The molecule has 52 heavy (non-hydrogen) atoms. The highest BCUT2D eigenvalue weighted by Gasteiger charge is 2.32. The summed E-state index contributed by atoms with van der Waals surface area (Å²) in [5.41, 5.74) is 4.63. The second-order valence-corrected chi connectivity index (χ2v) is 14.6. The molecule has 274 valence electrons. The number of rotatable bonds is 8. The fourth-order valence-corrected chi connectivity index (χ4v) is 8.34. The molecule has 2 aromatic heterocycles. The number of fused-ring (bicyclic) bond motifs is 1. The first-order valence-corrected chi connectivity index (χ1v) is 18.3. The topological polar surface area (TPSA) is 116 Å². The number of aliphatic hydroxyl groups excluding tert-OH is 1. The number of piperidine rings is 1. The Morgan fingerprint density at radius 1 is 1.06 bits per heavy atom. The Morgan fingerprint density at radius 3 is 2.54 bits per heavy atom. The summed E-state index contributed by atoms with van der Waals surface area (Å²) in [5.74, 6) is -0.0648. The highest BCUT2D eigenvalue weighted by Crippen LogP contribution is 2.42. The van der Waals surface area contributed by atoms with E-state index in [0.29, 0.717) is 83.9 Å². The molecule has 0 spiro atoms. The summed E-state index contributed by atoms with van der Waals surface area (Å²) >= 11 is 13.9. The number of hydrogen-bond acceptors (Lipinski definition) is 8. The largest absolute Gasteiger partial charge is 0.496 e. The van der Waals surface area contributed by atoms with Crippen molar-refractivity contribution in [3.8, 4) is 28.1 Å². The van der Waals surface area contributed by atoms with Crippen LogP contribution < -0.4 is 10.1 Å². The molecule has 0 radical (unpaired) electrons. The lowest BCUT2D eigenvalue weighted by molar-refractivity contribution is -0.130. The maximum Gasteiger partial charge on any atom is 0.291 e. The molecule has 1 atom stereocenters. The molecule has 1 unspecified atom stereocenters. The number of carbonyl (C=O) groups is 2. The zero-order chi connectivity index (χ0) is 36.7. The van der Waals surface area contributed by atoms with Crippen LogP contribution in [0.5, 0.6) is 5.75 Å². The number of halogens is 3. The van der Waals surface area contributed by atoms with Crippen LogP contribution in [-0.4, -0.2) is 98.1 Å². The van der Waals surface area contributed by atoms with Crippen molar-refractivity contribution in [1.82, 2.24) is 29.2 Å². The molecule has 14 heteroatoms. The lowest BCUT2D eigenvalue weighted by atomic mass is 10.00. The number of imidazole rings is 1. The number of methoxy groups -OCH3 is 1. The second kappa shape index (κ2) is 15.1. The first kappa shape index (κ1) is 36.3. The van der Waals surface area contributed by atoms with E-state index >= 15 is 4.39 Å². The van der Waals surface area contributed by atoms with Crippen molar-refractivity contribution in [3.05, 3.63) is 81.2 Å².